The van der Waals surface area contributed by atoms with Crippen molar-refractivity contribution >= 4 is 27.5 Å². The van der Waals surface area contributed by atoms with Crippen molar-refractivity contribution in [1.29, 1.82) is 0 Å². The minimum absolute atomic E-state index is 0.0603. The summed E-state index contributed by atoms with van der Waals surface area (Å²) in [6, 6.07) is 17.6. The predicted molar refractivity (Wildman–Crippen MR) is 153 cm³/mol. The first kappa shape index (κ1) is 29.4. The molecule has 0 spiro atoms. The van der Waals surface area contributed by atoms with E-state index in [1.165, 1.54) is 12.1 Å². The molecule has 1 aliphatic heterocycles. The van der Waals surface area contributed by atoms with Gasteiger partial charge in [-0.2, -0.15) is 0 Å². The largest absolute Gasteiger partial charge is 0.344 e. The van der Waals surface area contributed by atoms with E-state index < -0.39 is 27.4 Å². The number of hydrogen-bond donors (Lipinski definition) is 3. The Morgan fingerprint density at radius 2 is 1.80 bits per heavy atom. The van der Waals surface area contributed by atoms with Gasteiger partial charge in [-0.15, -0.1) is 0 Å². The van der Waals surface area contributed by atoms with Crippen molar-refractivity contribution in [2.75, 3.05) is 11.4 Å². The molecular formula is C30H35FN4O4S. The molecule has 212 valence electrons. The zero-order valence-electron chi connectivity index (χ0n) is 22.9. The lowest BCUT2D eigenvalue weighted by Crippen LogP contribution is -2.49. The first-order valence-electron chi connectivity index (χ1n) is 13.2. The summed E-state index contributed by atoms with van der Waals surface area (Å²) in [5.41, 5.74) is 8.60. The quantitative estimate of drug-likeness (QED) is 0.363. The van der Waals surface area contributed by atoms with E-state index in [-0.39, 0.29) is 36.2 Å². The molecule has 0 saturated heterocycles. The number of nitrogens with two attached hydrogens (primary N) is 1. The van der Waals surface area contributed by atoms with Gasteiger partial charge in [-0.1, -0.05) is 49.4 Å². The number of anilines is 1. The molecule has 3 aromatic rings. The molecule has 8 nitrogen and oxygen atoms in total. The first-order valence-corrected chi connectivity index (χ1v) is 14.7. The zero-order chi connectivity index (χ0) is 29.1. The van der Waals surface area contributed by atoms with Gasteiger partial charge in [-0.25, -0.2) is 17.5 Å². The van der Waals surface area contributed by atoms with Crippen molar-refractivity contribution in [3.05, 3.63) is 83.7 Å². The van der Waals surface area contributed by atoms with Crippen LogP contribution < -0.4 is 20.7 Å². The monoisotopic (exact) mass is 566 g/mol. The number of hydrogen-bond acceptors (Lipinski definition) is 5. The molecule has 1 aliphatic rings. The number of nitrogens with zero attached hydrogens (tertiary/aromatic N) is 1. The highest BCUT2D eigenvalue weighted by atomic mass is 32.2. The third kappa shape index (κ3) is 6.93. The fraction of sp³-hybridized carbons (Fsp3) is 0.333. The Bertz CT molecular complexity index is 1500. The number of amides is 2. The van der Waals surface area contributed by atoms with Crippen LogP contribution in [0.3, 0.4) is 0 Å². The van der Waals surface area contributed by atoms with Gasteiger partial charge in [0.2, 0.25) is 21.8 Å². The standard InChI is InChI=1S/C30H35FN4O4S/c1-4-33-40(38,39)27-8-6-5-7-24(27)21-11-9-20(10-12-21)19-35-26-16-14-23(31)17-22(26)13-15-25(29(35)37)34-28(36)18-30(2,3)32/h5-12,14,16-17,25,33H,4,13,15,18-19,32H2,1-3H3,(H,34,36)/t25-/m1/s1. The second kappa shape index (κ2) is 11.9. The Kier molecular flexibility index (Phi) is 8.72. The fourth-order valence-electron chi connectivity index (χ4n) is 4.88. The van der Waals surface area contributed by atoms with Crippen LogP contribution >= 0.6 is 0 Å². The van der Waals surface area contributed by atoms with Crippen LogP contribution in [-0.4, -0.2) is 38.4 Å². The summed E-state index contributed by atoms with van der Waals surface area (Å²) in [4.78, 5) is 28.1. The normalized spacial score (nSPS) is 15.9. The van der Waals surface area contributed by atoms with Gasteiger partial charge in [-0.05, 0) is 67.6 Å². The lowest BCUT2D eigenvalue weighted by Gasteiger charge is -2.27. The number of rotatable bonds is 9. The number of carbonyl (C=O) groups excluding carboxylic acids is 2. The van der Waals surface area contributed by atoms with E-state index in [1.807, 2.05) is 24.3 Å². The molecule has 1 atom stereocenters. The van der Waals surface area contributed by atoms with Crippen LogP contribution in [-0.2, 0) is 32.6 Å². The Balaban J connectivity index is 1.63. The lowest BCUT2D eigenvalue weighted by molar-refractivity contribution is -0.128. The highest BCUT2D eigenvalue weighted by Crippen LogP contribution is 2.31. The van der Waals surface area contributed by atoms with E-state index in [2.05, 4.69) is 10.0 Å². The van der Waals surface area contributed by atoms with Crippen molar-refractivity contribution in [2.45, 2.75) is 63.1 Å². The van der Waals surface area contributed by atoms with Crippen molar-refractivity contribution in [3.8, 4) is 11.1 Å². The molecule has 40 heavy (non-hydrogen) atoms. The van der Waals surface area contributed by atoms with E-state index in [0.717, 1.165) is 5.56 Å². The maximum atomic E-state index is 14.1. The van der Waals surface area contributed by atoms with Crippen LogP contribution in [0, 0.1) is 5.82 Å². The second-order valence-corrected chi connectivity index (χ2v) is 12.5. The Morgan fingerprint density at radius 3 is 2.48 bits per heavy atom. The summed E-state index contributed by atoms with van der Waals surface area (Å²) in [5, 5.41) is 2.82. The van der Waals surface area contributed by atoms with Gasteiger partial charge in [0.15, 0.2) is 0 Å². The van der Waals surface area contributed by atoms with Gasteiger partial charge in [0.05, 0.1) is 11.4 Å². The van der Waals surface area contributed by atoms with Crippen LogP contribution in [0.1, 0.15) is 44.7 Å². The molecular weight excluding hydrogens is 531 g/mol. The molecule has 0 fully saturated rings. The van der Waals surface area contributed by atoms with Crippen LogP contribution in [0.25, 0.3) is 11.1 Å². The van der Waals surface area contributed by atoms with E-state index in [4.69, 9.17) is 5.73 Å². The Hall–Kier alpha value is -3.60. The summed E-state index contributed by atoms with van der Waals surface area (Å²) in [7, 11) is -3.67. The Labute approximate surface area is 234 Å². The fourth-order valence-corrected chi connectivity index (χ4v) is 6.15. The predicted octanol–water partition coefficient (Wildman–Crippen LogP) is 3.88. The molecule has 0 radical (unpaired) electrons. The summed E-state index contributed by atoms with van der Waals surface area (Å²) in [6.45, 7) is 5.66. The Morgan fingerprint density at radius 1 is 1.10 bits per heavy atom. The molecule has 0 saturated carbocycles. The van der Waals surface area contributed by atoms with Crippen molar-refractivity contribution in [1.82, 2.24) is 10.0 Å². The number of benzene rings is 3. The molecule has 2 amide bonds. The van der Waals surface area contributed by atoms with E-state index in [9.17, 15) is 22.4 Å². The SMILES string of the molecule is CCNS(=O)(=O)c1ccccc1-c1ccc(CN2C(=O)[C@H](NC(=O)CC(C)(C)N)CCc3cc(F)ccc32)cc1. The van der Waals surface area contributed by atoms with Gasteiger partial charge in [0.25, 0.3) is 0 Å². The average Bonchev–Trinajstić information content (AvgIpc) is 3.00. The highest BCUT2D eigenvalue weighted by Gasteiger charge is 2.32. The van der Waals surface area contributed by atoms with E-state index in [0.29, 0.717) is 35.2 Å². The molecule has 0 aromatic heterocycles. The van der Waals surface area contributed by atoms with E-state index >= 15 is 0 Å². The van der Waals surface area contributed by atoms with Crippen molar-refractivity contribution < 1.29 is 22.4 Å². The second-order valence-electron chi connectivity index (χ2n) is 10.7. The number of halogens is 1. The van der Waals surface area contributed by atoms with Crippen molar-refractivity contribution in [2.24, 2.45) is 5.73 Å². The third-order valence-electron chi connectivity index (χ3n) is 6.67. The zero-order valence-corrected chi connectivity index (χ0v) is 23.7. The number of carbonyl (C=O) groups is 2. The van der Waals surface area contributed by atoms with Gasteiger partial charge in [-0.3, -0.25) is 9.59 Å². The maximum Gasteiger partial charge on any atom is 0.249 e. The number of sulfonamides is 1. The molecule has 0 unspecified atom stereocenters. The molecule has 4 N–H and O–H groups in total. The van der Waals surface area contributed by atoms with Gasteiger partial charge < -0.3 is 16.0 Å². The highest BCUT2D eigenvalue weighted by molar-refractivity contribution is 7.89. The molecule has 1 heterocycles. The lowest BCUT2D eigenvalue weighted by atomic mass is 10.0. The smallest absolute Gasteiger partial charge is 0.249 e. The molecule has 3 aromatic carbocycles. The van der Waals surface area contributed by atoms with Crippen LogP contribution in [0.2, 0.25) is 0 Å². The molecule has 0 aliphatic carbocycles. The molecule has 0 bridgehead atoms. The average molecular weight is 567 g/mol. The van der Waals surface area contributed by atoms with Gasteiger partial charge >= 0.3 is 0 Å². The van der Waals surface area contributed by atoms with Gasteiger partial charge in [0, 0.05) is 29.8 Å². The molecule has 4 rings (SSSR count). The molecule has 10 heteroatoms. The summed E-state index contributed by atoms with van der Waals surface area (Å²) in [5.74, 6) is -1.01. The maximum absolute atomic E-state index is 14.1. The van der Waals surface area contributed by atoms with Crippen LogP contribution in [0.4, 0.5) is 10.1 Å². The minimum Gasteiger partial charge on any atom is -0.344 e. The minimum atomic E-state index is -3.67. The number of aryl methyl sites for hydroxylation is 1. The number of nitrogens with one attached hydrogen (secondary N) is 2. The van der Waals surface area contributed by atoms with E-state index in [1.54, 1.807) is 56.0 Å². The van der Waals surface area contributed by atoms with Crippen LogP contribution in [0.15, 0.2) is 71.6 Å². The first-order chi connectivity index (χ1) is 18.9. The summed E-state index contributed by atoms with van der Waals surface area (Å²) >= 11 is 0. The summed E-state index contributed by atoms with van der Waals surface area (Å²) in [6.07, 6.45) is 0.811. The number of fused-ring (bicyclic) bond motifs is 1. The van der Waals surface area contributed by atoms with Gasteiger partial charge in [0.1, 0.15) is 11.9 Å². The topological polar surface area (TPSA) is 122 Å². The van der Waals surface area contributed by atoms with Crippen LogP contribution in [0.5, 0.6) is 0 Å². The van der Waals surface area contributed by atoms with Crippen molar-refractivity contribution in [3.63, 3.8) is 0 Å². The third-order valence-corrected chi connectivity index (χ3v) is 8.27. The summed E-state index contributed by atoms with van der Waals surface area (Å²) < 4.78 is 42.1.